The summed E-state index contributed by atoms with van der Waals surface area (Å²) in [5.41, 5.74) is 6.10. The average molecular weight is 246 g/mol. The molecule has 1 aromatic carbocycles. The summed E-state index contributed by atoms with van der Waals surface area (Å²) in [5.74, 6) is 5.55. The molecule has 0 bridgehead atoms. The molecular weight excluding hydrogens is 238 g/mol. The molecule has 5 heteroatoms. The summed E-state index contributed by atoms with van der Waals surface area (Å²) in [6.07, 6.45) is 0. The predicted octanol–water partition coefficient (Wildman–Crippen LogP) is 1.37. The van der Waals surface area contributed by atoms with Gasteiger partial charge < -0.3 is 5.73 Å². The number of anilines is 1. The van der Waals surface area contributed by atoms with Gasteiger partial charge in [0.15, 0.2) is 5.11 Å². The van der Waals surface area contributed by atoms with Crippen molar-refractivity contribution in [2.24, 2.45) is 11.6 Å². The van der Waals surface area contributed by atoms with Crippen molar-refractivity contribution in [3.63, 3.8) is 0 Å². The maximum Gasteiger partial charge on any atom is 0.185 e. The van der Waals surface area contributed by atoms with Gasteiger partial charge in [0.1, 0.15) is 0 Å². The second kappa shape index (κ2) is 3.84. The lowest BCUT2D eigenvalue weighted by Gasteiger charge is -2.15. The third-order valence-corrected chi connectivity index (χ3v) is 2.01. The van der Waals surface area contributed by atoms with Gasteiger partial charge in [-0.3, -0.25) is 5.01 Å². The first-order chi connectivity index (χ1) is 5.61. The van der Waals surface area contributed by atoms with Gasteiger partial charge in [0, 0.05) is 4.47 Å². The fourth-order valence-electron chi connectivity index (χ4n) is 0.753. The van der Waals surface area contributed by atoms with Crippen LogP contribution in [0.25, 0.3) is 0 Å². The van der Waals surface area contributed by atoms with E-state index in [1.54, 1.807) is 0 Å². The lowest BCUT2D eigenvalue weighted by molar-refractivity contribution is 1.13. The summed E-state index contributed by atoms with van der Waals surface area (Å²) in [5, 5.41) is 1.40. The topological polar surface area (TPSA) is 55.3 Å². The van der Waals surface area contributed by atoms with Crippen molar-refractivity contribution in [1.82, 2.24) is 0 Å². The van der Waals surface area contributed by atoms with Crippen LogP contribution in [0.3, 0.4) is 0 Å². The molecule has 0 aromatic heterocycles. The normalized spacial score (nSPS) is 9.50. The Morgan fingerprint density at radius 2 is 2.17 bits per heavy atom. The van der Waals surface area contributed by atoms with Gasteiger partial charge in [0.05, 0.1) is 5.69 Å². The highest BCUT2D eigenvalue weighted by Gasteiger charge is 2.02. The third-order valence-electron chi connectivity index (χ3n) is 1.32. The van der Waals surface area contributed by atoms with E-state index in [0.29, 0.717) is 0 Å². The lowest BCUT2D eigenvalue weighted by atomic mass is 10.3. The number of nitrogens with zero attached hydrogens (tertiary/aromatic N) is 1. The number of hydrogen-bond acceptors (Lipinski definition) is 2. The Balaban J connectivity index is 2.95. The van der Waals surface area contributed by atoms with Crippen molar-refractivity contribution in [3.8, 4) is 0 Å². The van der Waals surface area contributed by atoms with Gasteiger partial charge in [0.25, 0.3) is 0 Å². The molecule has 0 spiro atoms. The van der Waals surface area contributed by atoms with E-state index in [9.17, 15) is 0 Å². The quantitative estimate of drug-likeness (QED) is 0.446. The highest BCUT2D eigenvalue weighted by molar-refractivity contribution is 9.10. The molecule has 3 nitrogen and oxygen atoms in total. The van der Waals surface area contributed by atoms with Gasteiger partial charge >= 0.3 is 0 Å². The van der Waals surface area contributed by atoms with Crippen LogP contribution in [-0.4, -0.2) is 5.11 Å². The minimum absolute atomic E-state index is 0.146. The van der Waals surface area contributed by atoms with Gasteiger partial charge in [-0.2, -0.15) is 0 Å². The fraction of sp³-hybridized carbons (Fsp3) is 0. The number of rotatable bonds is 1. The molecule has 0 atom stereocenters. The summed E-state index contributed by atoms with van der Waals surface area (Å²) < 4.78 is 0.937. The van der Waals surface area contributed by atoms with Crippen LogP contribution in [0.5, 0.6) is 0 Å². The van der Waals surface area contributed by atoms with Crippen LogP contribution < -0.4 is 16.6 Å². The number of halogens is 1. The van der Waals surface area contributed by atoms with Crippen LogP contribution in [0.1, 0.15) is 0 Å². The molecule has 64 valence electrons. The molecule has 0 saturated heterocycles. The Morgan fingerprint density at radius 3 is 2.67 bits per heavy atom. The van der Waals surface area contributed by atoms with E-state index >= 15 is 0 Å². The zero-order valence-electron chi connectivity index (χ0n) is 6.20. The Hall–Kier alpha value is -0.650. The third kappa shape index (κ3) is 2.17. The molecule has 0 aliphatic rings. The standard InChI is InChI=1S/C7H8BrN3S/c8-5-2-1-3-6(4-5)11(10)7(9)12/h1-4H,10H2,(H2,9,12). The molecule has 12 heavy (non-hydrogen) atoms. The van der Waals surface area contributed by atoms with Crippen LogP contribution in [0.2, 0.25) is 0 Å². The minimum atomic E-state index is 0.146. The molecule has 1 rings (SSSR count). The van der Waals surface area contributed by atoms with Gasteiger partial charge in [-0.25, -0.2) is 5.84 Å². The van der Waals surface area contributed by atoms with Gasteiger partial charge in [-0.05, 0) is 30.4 Å². The van der Waals surface area contributed by atoms with Gasteiger partial charge in [-0.15, -0.1) is 0 Å². The number of nitrogens with two attached hydrogens (primary N) is 2. The molecule has 0 saturated carbocycles. The van der Waals surface area contributed by atoms with Crippen LogP contribution in [0.15, 0.2) is 28.7 Å². The predicted molar refractivity (Wildman–Crippen MR) is 57.6 cm³/mol. The summed E-state index contributed by atoms with van der Waals surface area (Å²) in [4.78, 5) is 0. The van der Waals surface area contributed by atoms with Crippen molar-refractivity contribution in [2.45, 2.75) is 0 Å². The maximum absolute atomic E-state index is 5.55. The maximum atomic E-state index is 5.55. The first-order valence-corrected chi connectivity index (χ1v) is 4.41. The van der Waals surface area contributed by atoms with Crippen molar-refractivity contribution in [2.75, 3.05) is 5.01 Å². The van der Waals surface area contributed by atoms with Gasteiger partial charge in [-0.1, -0.05) is 22.0 Å². The SMILES string of the molecule is NC(=S)N(N)c1cccc(Br)c1. The molecule has 0 amide bonds. The molecular formula is C7H8BrN3S. The monoisotopic (exact) mass is 245 g/mol. The van der Waals surface area contributed by atoms with E-state index in [1.807, 2.05) is 24.3 Å². The molecule has 0 radical (unpaired) electrons. The number of thiocarbonyl (C=S) groups is 1. The molecule has 0 aliphatic carbocycles. The first kappa shape index (κ1) is 9.44. The van der Waals surface area contributed by atoms with Gasteiger partial charge in [0.2, 0.25) is 0 Å². The van der Waals surface area contributed by atoms with E-state index in [0.717, 1.165) is 10.2 Å². The number of benzene rings is 1. The Bertz CT molecular complexity index is 302. The zero-order valence-corrected chi connectivity index (χ0v) is 8.60. The van der Waals surface area contributed by atoms with E-state index in [2.05, 4.69) is 15.9 Å². The number of hydrogen-bond donors (Lipinski definition) is 2. The molecule has 0 heterocycles. The van der Waals surface area contributed by atoms with Crippen LogP contribution in [-0.2, 0) is 0 Å². The fourth-order valence-corrected chi connectivity index (χ4v) is 1.25. The van der Waals surface area contributed by atoms with Crippen LogP contribution in [0, 0.1) is 0 Å². The van der Waals surface area contributed by atoms with Crippen molar-refractivity contribution < 1.29 is 0 Å². The molecule has 1 aromatic rings. The van der Waals surface area contributed by atoms with Crippen LogP contribution in [0.4, 0.5) is 5.69 Å². The summed E-state index contributed by atoms with van der Waals surface area (Å²) in [6, 6.07) is 7.41. The van der Waals surface area contributed by atoms with E-state index in [-0.39, 0.29) is 5.11 Å². The van der Waals surface area contributed by atoms with Crippen molar-refractivity contribution in [1.29, 1.82) is 0 Å². The highest BCUT2D eigenvalue weighted by Crippen LogP contribution is 2.17. The van der Waals surface area contributed by atoms with Crippen LogP contribution >= 0.6 is 28.1 Å². The Labute approximate surface area is 84.4 Å². The van der Waals surface area contributed by atoms with Crippen molar-refractivity contribution >= 4 is 38.9 Å². The summed E-state index contributed by atoms with van der Waals surface area (Å²) >= 11 is 8.02. The van der Waals surface area contributed by atoms with Crippen molar-refractivity contribution in [3.05, 3.63) is 28.7 Å². The summed E-state index contributed by atoms with van der Waals surface area (Å²) in [6.45, 7) is 0. The minimum Gasteiger partial charge on any atom is -0.375 e. The number of hydrazine groups is 1. The van der Waals surface area contributed by atoms with E-state index in [4.69, 9.17) is 23.8 Å². The van der Waals surface area contributed by atoms with E-state index < -0.39 is 0 Å². The second-order valence-electron chi connectivity index (χ2n) is 2.19. The van der Waals surface area contributed by atoms with E-state index in [1.165, 1.54) is 5.01 Å². The molecule has 0 fully saturated rings. The molecule has 0 unspecified atom stereocenters. The first-order valence-electron chi connectivity index (χ1n) is 3.21. The smallest absolute Gasteiger partial charge is 0.185 e. The molecule has 0 aliphatic heterocycles. The average Bonchev–Trinajstić information content (AvgIpc) is 2.03. The molecule has 4 N–H and O–H groups in total. The Kier molecular flexibility index (Phi) is 3.02. The lowest BCUT2D eigenvalue weighted by Crippen LogP contribution is -2.41. The zero-order chi connectivity index (χ0) is 9.14. The largest absolute Gasteiger partial charge is 0.375 e. The second-order valence-corrected chi connectivity index (χ2v) is 3.52. The Morgan fingerprint density at radius 1 is 1.50 bits per heavy atom. The summed E-state index contributed by atoms with van der Waals surface area (Å²) in [7, 11) is 0. The highest BCUT2D eigenvalue weighted by atomic mass is 79.9.